The largest absolute Gasteiger partial charge is 0.394 e. The maximum absolute atomic E-state index is 11.2. The quantitative estimate of drug-likeness (QED) is 0.628. The minimum Gasteiger partial charge on any atom is -0.394 e. The van der Waals surface area contributed by atoms with E-state index in [0.29, 0.717) is 18.1 Å². The summed E-state index contributed by atoms with van der Waals surface area (Å²) in [6.07, 6.45) is 0. The number of aliphatic hydroxyl groups excluding tert-OH is 1. The average Bonchev–Trinajstić information content (AvgIpc) is 2.81. The molecule has 1 aromatic heterocycles. The van der Waals surface area contributed by atoms with Crippen LogP contribution in [-0.4, -0.2) is 26.4 Å². The molecule has 1 heterocycles. The Labute approximate surface area is 122 Å². The Morgan fingerprint density at radius 1 is 1.43 bits per heavy atom. The topological polar surface area (TPSA) is 93.2 Å². The van der Waals surface area contributed by atoms with Crippen LogP contribution >= 0.6 is 0 Å². The third-order valence-electron chi connectivity index (χ3n) is 3.27. The molecule has 0 saturated heterocycles. The van der Waals surface area contributed by atoms with E-state index in [1.807, 2.05) is 37.3 Å². The number of hydrogen-bond acceptors (Lipinski definition) is 5. The van der Waals surface area contributed by atoms with E-state index in [9.17, 15) is 15.2 Å². The minimum absolute atomic E-state index is 0.0498. The Morgan fingerprint density at radius 2 is 2.10 bits per heavy atom. The van der Waals surface area contributed by atoms with Crippen LogP contribution in [0.2, 0.25) is 0 Å². The van der Waals surface area contributed by atoms with E-state index in [1.165, 1.54) is 0 Å². The van der Waals surface area contributed by atoms with Crippen molar-refractivity contribution in [3.63, 3.8) is 0 Å². The van der Waals surface area contributed by atoms with E-state index >= 15 is 0 Å². The maximum atomic E-state index is 11.2. The van der Waals surface area contributed by atoms with Gasteiger partial charge in [-0.25, -0.2) is 4.68 Å². The second kappa shape index (κ2) is 6.36. The molecule has 0 aliphatic heterocycles. The molecule has 2 aromatic rings. The van der Waals surface area contributed by atoms with Crippen molar-refractivity contribution in [3.8, 4) is 0 Å². The molecule has 0 fully saturated rings. The zero-order chi connectivity index (χ0) is 15.4. The van der Waals surface area contributed by atoms with Crippen molar-refractivity contribution in [2.24, 2.45) is 0 Å². The monoisotopic (exact) mass is 290 g/mol. The summed E-state index contributed by atoms with van der Waals surface area (Å²) in [6.45, 7) is 3.79. The van der Waals surface area contributed by atoms with E-state index in [2.05, 4.69) is 10.4 Å². The van der Waals surface area contributed by atoms with Gasteiger partial charge in [0.2, 0.25) is 5.82 Å². The van der Waals surface area contributed by atoms with Crippen molar-refractivity contribution in [2.75, 3.05) is 11.9 Å². The lowest BCUT2D eigenvalue weighted by Gasteiger charge is -2.18. The van der Waals surface area contributed by atoms with Crippen molar-refractivity contribution in [1.29, 1.82) is 0 Å². The summed E-state index contributed by atoms with van der Waals surface area (Å²) in [4.78, 5) is 10.8. The van der Waals surface area contributed by atoms with Crippen LogP contribution in [0.3, 0.4) is 0 Å². The molecule has 2 rings (SSSR count). The first kappa shape index (κ1) is 15.0. The number of aryl methyl sites for hydroxylation is 2. The molecule has 0 spiro atoms. The first-order valence-electron chi connectivity index (χ1n) is 6.72. The van der Waals surface area contributed by atoms with Crippen LogP contribution in [0.1, 0.15) is 24.2 Å². The van der Waals surface area contributed by atoms with E-state index < -0.39 is 11.0 Å². The molecule has 7 nitrogen and oxygen atoms in total. The molecule has 1 unspecified atom stereocenters. The van der Waals surface area contributed by atoms with Crippen LogP contribution in [0.25, 0.3) is 0 Å². The zero-order valence-electron chi connectivity index (χ0n) is 12.0. The fourth-order valence-electron chi connectivity index (χ4n) is 2.25. The third kappa shape index (κ3) is 3.03. The highest BCUT2D eigenvalue weighted by Gasteiger charge is 2.26. The third-order valence-corrected chi connectivity index (χ3v) is 3.27. The van der Waals surface area contributed by atoms with Gasteiger partial charge in [-0.3, -0.25) is 10.1 Å². The zero-order valence-corrected chi connectivity index (χ0v) is 12.0. The van der Waals surface area contributed by atoms with Gasteiger partial charge in [0.25, 0.3) is 0 Å². The van der Waals surface area contributed by atoms with Gasteiger partial charge in [-0.1, -0.05) is 30.3 Å². The number of rotatable bonds is 6. The second-order valence-corrected chi connectivity index (χ2v) is 4.65. The van der Waals surface area contributed by atoms with Gasteiger partial charge in [-0.05, 0) is 19.4 Å². The van der Waals surface area contributed by atoms with E-state index in [4.69, 9.17) is 0 Å². The molecule has 21 heavy (non-hydrogen) atoms. The lowest BCUT2D eigenvalue weighted by molar-refractivity contribution is -0.384. The van der Waals surface area contributed by atoms with Crippen LogP contribution in [-0.2, 0) is 6.54 Å². The van der Waals surface area contributed by atoms with Gasteiger partial charge in [0.15, 0.2) is 0 Å². The first-order valence-corrected chi connectivity index (χ1v) is 6.72. The molecule has 7 heteroatoms. The lowest BCUT2D eigenvalue weighted by atomic mass is 10.1. The highest BCUT2D eigenvalue weighted by Crippen LogP contribution is 2.31. The molecule has 1 aromatic carbocycles. The molecule has 0 amide bonds. The Hall–Kier alpha value is -2.41. The number of aliphatic hydroxyl groups is 1. The summed E-state index contributed by atoms with van der Waals surface area (Å²) >= 11 is 0. The maximum Gasteiger partial charge on any atom is 0.333 e. The molecule has 0 bridgehead atoms. The highest BCUT2D eigenvalue weighted by molar-refractivity contribution is 5.60. The summed E-state index contributed by atoms with van der Waals surface area (Å²) in [5.74, 6) is 0.322. The SMILES string of the molecule is CCn1nc(C)c([N+](=O)[O-])c1NC(CO)c1ccccc1. The van der Waals surface area contributed by atoms with Gasteiger partial charge >= 0.3 is 5.69 Å². The Balaban J connectivity index is 2.39. The van der Waals surface area contributed by atoms with Crippen molar-refractivity contribution < 1.29 is 10.0 Å². The Kier molecular flexibility index (Phi) is 4.54. The predicted molar refractivity (Wildman–Crippen MR) is 79.2 cm³/mol. The molecular formula is C14H18N4O3. The van der Waals surface area contributed by atoms with E-state index in [1.54, 1.807) is 11.6 Å². The summed E-state index contributed by atoms with van der Waals surface area (Å²) in [7, 11) is 0. The summed E-state index contributed by atoms with van der Waals surface area (Å²) in [6, 6.07) is 8.89. The number of benzene rings is 1. The molecule has 0 radical (unpaired) electrons. The van der Waals surface area contributed by atoms with Crippen LogP contribution in [0.15, 0.2) is 30.3 Å². The van der Waals surface area contributed by atoms with Gasteiger partial charge in [0, 0.05) is 6.54 Å². The van der Waals surface area contributed by atoms with Gasteiger partial charge in [0.05, 0.1) is 17.6 Å². The summed E-state index contributed by atoms with van der Waals surface area (Å²) < 4.78 is 1.54. The number of hydrogen-bond donors (Lipinski definition) is 2. The lowest BCUT2D eigenvalue weighted by Crippen LogP contribution is -2.18. The van der Waals surface area contributed by atoms with E-state index in [0.717, 1.165) is 5.56 Å². The van der Waals surface area contributed by atoms with Crippen LogP contribution in [0.4, 0.5) is 11.5 Å². The minimum atomic E-state index is -0.448. The summed E-state index contributed by atoms with van der Waals surface area (Å²) in [5.41, 5.74) is 1.16. The molecule has 2 N–H and O–H groups in total. The average molecular weight is 290 g/mol. The molecule has 1 atom stereocenters. The van der Waals surface area contributed by atoms with Gasteiger partial charge in [0.1, 0.15) is 5.69 Å². The predicted octanol–water partition coefficient (Wildman–Crippen LogP) is 2.27. The molecule has 0 saturated carbocycles. The van der Waals surface area contributed by atoms with Gasteiger partial charge < -0.3 is 10.4 Å². The standard InChI is InChI=1S/C14H18N4O3/c1-3-17-14(13(18(20)21)10(2)16-17)15-12(9-19)11-7-5-4-6-8-11/h4-8,12,15,19H,3,9H2,1-2H3. The molecular weight excluding hydrogens is 272 g/mol. The van der Waals surface area contributed by atoms with Crippen molar-refractivity contribution in [3.05, 3.63) is 51.7 Å². The van der Waals surface area contributed by atoms with Gasteiger partial charge in [-0.15, -0.1) is 0 Å². The molecule has 112 valence electrons. The normalized spacial score (nSPS) is 12.1. The van der Waals surface area contributed by atoms with Crippen molar-refractivity contribution in [2.45, 2.75) is 26.4 Å². The number of nitrogens with zero attached hydrogens (tertiary/aromatic N) is 3. The Bertz CT molecular complexity index is 625. The molecule has 0 aliphatic carbocycles. The summed E-state index contributed by atoms with van der Waals surface area (Å²) in [5, 5.41) is 28.0. The number of aromatic nitrogens is 2. The van der Waals surface area contributed by atoms with Crippen LogP contribution in [0, 0.1) is 17.0 Å². The Morgan fingerprint density at radius 3 is 2.62 bits per heavy atom. The van der Waals surface area contributed by atoms with Crippen molar-refractivity contribution in [1.82, 2.24) is 9.78 Å². The van der Waals surface area contributed by atoms with Crippen LogP contribution < -0.4 is 5.32 Å². The van der Waals surface area contributed by atoms with Gasteiger partial charge in [-0.2, -0.15) is 5.10 Å². The second-order valence-electron chi connectivity index (χ2n) is 4.65. The number of nitrogens with one attached hydrogen (secondary N) is 1. The first-order chi connectivity index (χ1) is 10.1. The number of anilines is 1. The number of nitro groups is 1. The highest BCUT2D eigenvalue weighted by atomic mass is 16.6. The fourth-order valence-corrected chi connectivity index (χ4v) is 2.25. The smallest absolute Gasteiger partial charge is 0.333 e. The van der Waals surface area contributed by atoms with E-state index in [-0.39, 0.29) is 12.3 Å². The van der Waals surface area contributed by atoms with Crippen molar-refractivity contribution >= 4 is 11.5 Å². The fraction of sp³-hybridized carbons (Fsp3) is 0.357. The van der Waals surface area contributed by atoms with Crippen LogP contribution in [0.5, 0.6) is 0 Å². The molecule has 0 aliphatic rings.